The summed E-state index contributed by atoms with van der Waals surface area (Å²) in [4.78, 5) is 19.2. The van der Waals surface area contributed by atoms with Crippen molar-refractivity contribution in [3.63, 3.8) is 0 Å². The maximum atomic E-state index is 12.8. The first-order valence-corrected chi connectivity index (χ1v) is 10.6. The fraction of sp³-hybridized carbons (Fsp3) is 0.579. The maximum Gasteiger partial charge on any atom is 0.225 e. The summed E-state index contributed by atoms with van der Waals surface area (Å²) in [5, 5.41) is 22.3. The summed E-state index contributed by atoms with van der Waals surface area (Å²) < 4.78 is 5.88. The SMILES string of the molecule is O=C(CC1(O)CCCCC1)N1CCO[C@H](c2cccc(Nc3nncs3)n2)C1. The van der Waals surface area contributed by atoms with E-state index in [0.717, 1.165) is 25.0 Å². The number of carbonyl (C=O) groups excluding carboxylic acids is 1. The average molecular weight is 404 g/mol. The highest BCUT2D eigenvalue weighted by Gasteiger charge is 2.35. The maximum absolute atomic E-state index is 12.8. The van der Waals surface area contributed by atoms with E-state index in [1.165, 1.54) is 11.3 Å². The van der Waals surface area contributed by atoms with Crippen LogP contribution in [0.1, 0.15) is 50.3 Å². The number of amides is 1. The first-order valence-electron chi connectivity index (χ1n) is 9.73. The molecule has 0 unspecified atom stereocenters. The lowest BCUT2D eigenvalue weighted by atomic mass is 9.82. The van der Waals surface area contributed by atoms with Gasteiger partial charge in [-0.05, 0) is 25.0 Å². The van der Waals surface area contributed by atoms with Crippen molar-refractivity contribution < 1.29 is 14.6 Å². The number of morpholine rings is 1. The molecule has 4 rings (SSSR count). The molecule has 28 heavy (non-hydrogen) atoms. The molecule has 1 amide bonds. The lowest BCUT2D eigenvalue weighted by Crippen LogP contribution is -2.46. The van der Waals surface area contributed by atoms with Crippen molar-refractivity contribution in [2.45, 2.75) is 50.2 Å². The lowest BCUT2D eigenvalue weighted by molar-refractivity contribution is -0.145. The van der Waals surface area contributed by atoms with Crippen LogP contribution in [0.2, 0.25) is 0 Å². The van der Waals surface area contributed by atoms with Crippen LogP contribution in [0.3, 0.4) is 0 Å². The smallest absolute Gasteiger partial charge is 0.225 e. The Morgan fingerprint density at radius 1 is 1.36 bits per heavy atom. The number of ether oxygens (including phenoxy) is 1. The standard InChI is InChI=1S/C19H25N5O3S/c25-17(11-19(26)7-2-1-3-8-19)24-9-10-27-15(12-24)14-5-4-6-16(21-14)22-18-23-20-13-28-18/h4-6,13,15,26H,1-3,7-12H2,(H,21,22,23)/t15-/m0/s1. The van der Waals surface area contributed by atoms with E-state index >= 15 is 0 Å². The zero-order chi connectivity index (χ0) is 19.4. The van der Waals surface area contributed by atoms with E-state index in [1.54, 1.807) is 10.4 Å². The summed E-state index contributed by atoms with van der Waals surface area (Å²) >= 11 is 1.40. The van der Waals surface area contributed by atoms with E-state index in [2.05, 4.69) is 20.5 Å². The van der Waals surface area contributed by atoms with Crippen LogP contribution in [0.25, 0.3) is 0 Å². The molecule has 2 aromatic rings. The quantitative estimate of drug-likeness (QED) is 0.791. The average Bonchev–Trinajstić information content (AvgIpc) is 3.21. The molecular formula is C19H25N5O3S. The summed E-state index contributed by atoms with van der Waals surface area (Å²) in [6.45, 7) is 1.46. The van der Waals surface area contributed by atoms with Crippen molar-refractivity contribution in [1.29, 1.82) is 0 Å². The van der Waals surface area contributed by atoms with Gasteiger partial charge in [0.2, 0.25) is 11.0 Å². The Hall–Kier alpha value is -2.10. The highest BCUT2D eigenvalue weighted by Crippen LogP contribution is 2.32. The van der Waals surface area contributed by atoms with Crippen LogP contribution in [-0.2, 0) is 9.53 Å². The molecular weight excluding hydrogens is 378 g/mol. The lowest BCUT2D eigenvalue weighted by Gasteiger charge is -2.37. The molecule has 2 fully saturated rings. The number of aromatic nitrogens is 3. The van der Waals surface area contributed by atoms with Gasteiger partial charge in [0.15, 0.2) is 0 Å². The van der Waals surface area contributed by atoms with E-state index in [0.29, 0.717) is 43.5 Å². The van der Waals surface area contributed by atoms with Gasteiger partial charge in [-0.3, -0.25) is 4.79 Å². The molecule has 2 aliphatic rings. The van der Waals surface area contributed by atoms with Crippen LogP contribution >= 0.6 is 11.3 Å². The second kappa shape index (κ2) is 8.50. The molecule has 1 aliphatic carbocycles. The van der Waals surface area contributed by atoms with Crippen molar-refractivity contribution in [3.8, 4) is 0 Å². The molecule has 0 bridgehead atoms. The van der Waals surface area contributed by atoms with Gasteiger partial charge in [0, 0.05) is 6.54 Å². The monoisotopic (exact) mass is 403 g/mol. The predicted octanol–water partition coefficient (Wildman–Crippen LogP) is 2.66. The fourth-order valence-corrected chi connectivity index (χ4v) is 4.32. The number of aliphatic hydroxyl groups is 1. The molecule has 1 saturated carbocycles. The molecule has 1 aliphatic heterocycles. The van der Waals surface area contributed by atoms with Gasteiger partial charge in [-0.2, -0.15) is 0 Å². The van der Waals surface area contributed by atoms with E-state index < -0.39 is 5.60 Å². The Kier molecular flexibility index (Phi) is 5.84. The molecule has 2 aromatic heterocycles. The topological polar surface area (TPSA) is 100 Å². The van der Waals surface area contributed by atoms with E-state index in [-0.39, 0.29) is 18.4 Å². The minimum atomic E-state index is -0.840. The molecule has 8 nitrogen and oxygen atoms in total. The number of rotatable bonds is 5. The molecule has 1 saturated heterocycles. The van der Waals surface area contributed by atoms with Crippen LogP contribution in [0, 0.1) is 0 Å². The first-order chi connectivity index (χ1) is 13.6. The van der Waals surface area contributed by atoms with Gasteiger partial charge in [-0.25, -0.2) is 4.98 Å². The van der Waals surface area contributed by atoms with Crippen LogP contribution in [0.4, 0.5) is 10.9 Å². The molecule has 150 valence electrons. The third-order valence-electron chi connectivity index (χ3n) is 5.38. The zero-order valence-corrected chi connectivity index (χ0v) is 16.5. The molecule has 0 aromatic carbocycles. The number of anilines is 2. The number of pyridine rings is 1. The normalized spacial score (nSPS) is 22.0. The zero-order valence-electron chi connectivity index (χ0n) is 15.7. The summed E-state index contributed by atoms with van der Waals surface area (Å²) in [5.41, 5.74) is 1.58. The molecule has 0 spiro atoms. The Morgan fingerprint density at radius 3 is 3.00 bits per heavy atom. The predicted molar refractivity (Wildman–Crippen MR) is 105 cm³/mol. The van der Waals surface area contributed by atoms with Crippen LogP contribution in [-0.4, -0.2) is 56.4 Å². The molecule has 1 atom stereocenters. The van der Waals surface area contributed by atoms with Gasteiger partial charge in [0.25, 0.3) is 0 Å². The molecule has 2 N–H and O–H groups in total. The van der Waals surface area contributed by atoms with Crippen molar-refractivity contribution in [2.24, 2.45) is 0 Å². The molecule has 0 radical (unpaired) electrons. The van der Waals surface area contributed by atoms with E-state index in [9.17, 15) is 9.90 Å². The Morgan fingerprint density at radius 2 is 2.21 bits per heavy atom. The highest BCUT2D eigenvalue weighted by molar-refractivity contribution is 7.13. The Labute approximate surface area is 168 Å². The number of hydrogen-bond donors (Lipinski definition) is 2. The third kappa shape index (κ3) is 4.65. The number of carbonyl (C=O) groups is 1. The second-order valence-corrected chi connectivity index (χ2v) is 8.31. The van der Waals surface area contributed by atoms with E-state index in [4.69, 9.17) is 4.74 Å². The van der Waals surface area contributed by atoms with Gasteiger partial charge in [-0.15, -0.1) is 10.2 Å². The van der Waals surface area contributed by atoms with Crippen LogP contribution in [0.15, 0.2) is 23.7 Å². The van der Waals surface area contributed by atoms with Gasteiger partial charge in [-0.1, -0.05) is 36.7 Å². The van der Waals surface area contributed by atoms with Crippen molar-refractivity contribution in [2.75, 3.05) is 25.0 Å². The van der Waals surface area contributed by atoms with Gasteiger partial charge in [0.1, 0.15) is 17.4 Å². The number of nitrogens with zero attached hydrogens (tertiary/aromatic N) is 4. The number of nitrogens with one attached hydrogen (secondary N) is 1. The fourth-order valence-electron chi connectivity index (χ4n) is 3.87. The summed E-state index contributed by atoms with van der Waals surface area (Å²) in [7, 11) is 0. The highest BCUT2D eigenvalue weighted by atomic mass is 32.1. The Balaban J connectivity index is 1.40. The van der Waals surface area contributed by atoms with Gasteiger partial charge in [0.05, 0.1) is 30.9 Å². The summed E-state index contributed by atoms with van der Waals surface area (Å²) in [6.07, 6.45) is 4.48. The number of hydrogen-bond acceptors (Lipinski definition) is 8. The largest absolute Gasteiger partial charge is 0.389 e. The van der Waals surface area contributed by atoms with E-state index in [1.807, 2.05) is 18.2 Å². The minimum absolute atomic E-state index is 0.000777. The van der Waals surface area contributed by atoms with Gasteiger partial charge >= 0.3 is 0 Å². The summed E-state index contributed by atoms with van der Waals surface area (Å²) in [6, 6.07) is 5.66. The molecule has 9 heteroatoms. The van der Waals surface area contributed by atoms with Crippen molar-refractivity contribution >= 4 is 28.2 Å². The van der Waals surface area contributed by atoms with Crippen molar-refractivity contribution in [1.82, 2.24) is 20.1 Å². The first kappa shape index (κ1) is 19.2. The minimum Gasteiger partial charge on any atom is -0.389 e. The second-order valence-electron chi connectivity index (χ2n) is 7.48. The van der Waals surface area contributed by atoms with Gasteiger partial charge < -0.3 is 20.1 Å². The van der Waals surface area contributed by atoms with Crippen LogP contribution < -0.4 is 5.32 Å². The Bertz CT molecular complexity index is 795. The van der Waals surface area contributed by atoms with Crippen LogP contribution in [0.5, 0.6) is 0 Å². The molecule has 3 heterocycles. The van der Waals surface area contributed by atoms with Crippen molar-refractivity contribution in [3.05, 3.63) is 29.4 Å². The third-order valence-corrected chi connectivity index (χ3v) is 5.99. The summed E-state index contributed by atoms with van der Waals surface area (Å²) in [5.74, 6) is 0.665.